The van der Waals surface area contributed by atoms with Crippen molar-refractivity contribution in [1.82, 2.24) is 38.7 Å². The summed E-state index contributed by atoms with van der Waals surface area (Å²) in [6.45, 7) is 7.27. The van der Waals surface area contributed by atoms with Crippen molar-refractivity contribution in [2.45, 2.75) is 46.3 Å². The van der Waals surface area contributed by atoms with E-state index >= 15 is 0 Å². The topological polar surface area (TPSA) is 112 Å². The molecule has 8 aromatic carbocycles. The predicted octanol–water partition coefficient (Wildman–Crippen LogP) is 12.6. The fourth-order valence-corrected chi connectivity index (χ4v) is 9.21. The summed E-state index contributed by atoms with van der Waals surface area (Å²) in [4.78, 5) is 0. The fourth-order valence-electron chi connectivity index (χ4n) is 9.21. The van der Waals surface area contributed by atoms with Crippen LogP contribution in [-0.2, 0) is 40.2 Å². The van der Waals surface area contributed by atoms with E-state index in [-0.39, 0.29) is 52.4 Å². The molecule has 2 N–H and O–H groups in total. The molecule has 10 nitrogen and oxygen atoms in total. The number of hydrogen-bond acceptors (Lipinski definition) is 6. The molecule has 0 fully saturated rings. The minimum Gasteiger partial charge on any atom is -0.393 e. The van der Waals surface area contributed by atoms with Crippen molar-refractivity contribution in [3.63, 3.8) is 0 Å². The molecule has 12 aromatic rings. The largest absolute Gasteiger partial charge is 0.393 e. The maximum absolute atomic E-state index is 8.56. The van der Waals surface area contributed by atoms with Gasteiger partial charge >= 0.3 is 0 Å². The van der Waals surface area contributed by atoms with E-state index in [0.717, 1.165) is 57.2 Å². The van der Waals surface area contributed by atoms with Crippen molar-refractivity contribution >= 4 is 43.6 Å². The molecule has 0 aliphatic rings. The van der Waals surface area contributed by atoms with Crippen LogP contribution in [0.4, 0.5) is 0 Å². The van der Waals surface area contributed by atoms with Gasteiger partial charge in [-0.2, -0.15) is 5.10 Å². The fraction of sp³-hybridized carbons (Fsp3) is 0.119. The van der Waals surface area contributed by atoms with Gasteiger partial charge in [-0.1, -0.05) is 109 Å². The molecule has 358 valence electrons. The summed E-state index contributed by atoms with van der Waals surface area (Å²) in [6, 6.07) is 72.8. The molecule has 2 unspecified atom stereocenters. The molecule has 0 bridgehead atoms. The Hall–Kier alpha value is -7.14. The Kier molecular flexibility index (Phi) is 15.8. The monoisotopic (exact) mass is 1290 g/mol. The Morgan fingerprint density at radius 1 is 0.394 bits per heavy atom. The molecule has 4 heterocycles. The number of fused-ring (bicyclic) bond motifs is 6. The number of aliphatic hydroxyl groups is 2. The second-order valence-corrected chi connectivity index (χ2v) is 17.2. The van der Waals surface area contributed by atoms with Crippen molar-refractivity contribution in [3.8, 4) is 45.5 Å². The minimum absolute atomic E-state index is 0. The number of aryl methyl sites for hydroxylation is 2. The van der Waals surface area contributed by atoms with Crippen LogP contribution in [0.1, 0.15) is 31.9 Å². The molecule has 0 saturated carbocycles. The molecule has 2 radical (unpaired) electrons. The average molecular weight is 1290 g/mol. The number of aliphatic hydroxyl groups excluding tert-OH is 2. The van der Waals surface area contributed by atoms with Crippen molar-refractivity contribution in [1.29, 1.82) is 0 Å². The van der Waals surface area contributed by atoms with Crippen LogP contribution in [0.15, 0.2) is 200 Å². The van der Waals surface area contributed by atoms with Crippen LogP contribution >= 0.6 is 0 Å². The number of nitrogens with zero attached hydrogens (tertiary/aromatic N) is 8. The summed E-state index contributed by atoms with van der Waals surface area (Å²) < 4.78 is 8.77. The first-order valence-corrected chi connectivity index (χ1v) is 23.2. The molecule has 12 heteroatoms. The number of para-hydroxylation sites is 6. The van der Waals surface area contributed by atoms with E-state index in [9.17, 15) is 0 Å². The van der Waals surface area contributed by atoms with Crippen molar-refractivity contribution in [2.75, 3.05) is 0 Å². The number of benzene rings is 8. The molecule has 0 spiro atoms. The maximum Gasteiger partial charge on any atom is 0.168 e. The van der Waals surface area contributed by atoms with E-state index in [4.69, 9.17) is 10.2 Å². The molecular weight excluding hydrogens is 1240 g/mol. The molecule has 0 saturated heterocycles. The summed E-state index contributed by atoms with van der Waals surface area (Å²) in [6.07, 6.45) is -0.278. The standard InChI is InChI=1S/C27H20N4.C27H19N4.C5H12O2.2Ir/c2*1-19-28-29-27(30(19)21-9-3-2-4-10-21)20-15-17-22(18-16-20)31-25-13-7-5-11-23(25)24-12-6-8-14-26(24)31;1-4(6)3-5(2)7;;/h2-18H,1H3;2-15,17-18H,1H3;4-7H,3H2,1-2H3;;/q;-1;;;. The van der Waals surface area contributed by atoms with Gasteiger partial charge in [0.2, 0.25) is 0 Å². The second kappa shape index (κ2) is 22.3. The average Bonchev–Trinajstić information content (AvgIpc) is 4.15. The van der Waals surface area contributed by atoms with Gasteiger partial charge in [-0.25, -0.2) is 0 Å². The second-order valence-electron chi connectivity index (χ2n) is 17.2. The molecular formula is C59H51Ir2N8O2-. The molecule has 4 aromatic heterocycles. The van der Waals surface area contributed by atoms with Crippen LogP contribution in [0.5, 0.6) is 0 Å². The SMILES string of the molecule is CC(O)CC(C)O.Cc1nnc(-c2[c-]cc(-n3c4ccccc4c4ccccc43)cc2)n1-c1ccccc1.Cc1nnc(-c2ccc(-n3c4ccccc4c4ccccc43)cc2)n1-c1ccccc1.[Ir].[Ir]. The first kappa shape index (κ1) is 50.3. The Morgan fingerprint density at radius 2 is 0.746 bits per heavy atom. The van der Waals surface area contributed by atoms with Crippen LogP contribution in [0.3, 0.4) is 0 Å². The van der Waals surface area contributed by atoms with E-state index < -0.39 is 0 Å². The quantitative estimate of drug-likeness (QED) is 0.147. The third kappa shape index (κ3) is 10.2. The molecule has 71 heavy (non-hydrogen) atoms. The van der Waals surface area contributed by atoms with Gasteiger partial charge in [0.1, 0.15) is 11.6 Å². The predicted molar refractivity (Wildman–Crippen MR) is 279 cm³/mol. The van der Waals surface area contributed by atoms with Gasteiger partial charge in [-0.15, -0.1) is 45.1 Å². The van der Waals surface area contributed by atoms with E-state index in [1.807, 2.05) is 56.3 Å². The van der Waals surface area contributed by atoms with E-state index in [2.05, 4.69) is 202 Å². The summed E-state index contributed by atoms with van der Waals surface area (Å²) in [5, 5.41) is 39.7. The van der Waals surface area contributed by atoms with Gasteiger partial charge in [-0.3, -0.25) is 4.57 Å². The summed E-state index contributed by atoms with van der Waals surface area (Å²) in [5.74, 6) is 3.35. The van der Waals surface area contributed by atoms with Crippen LogP contribution in [0, 0.1) is 19.9 Å². The Morgan fingerprint density at radius 3 is 1.14 bits per heavy atom. The molecule has 0 aliphatic carbocycles. The van der Waals surface area contributed by atoms with Gasteiger partial charge in [0, 0.05) is 95.4 Å². The zero-order valence-electron chi connectivity index (χ0n) is 39.6. The summed E-state index contributed by atoms with van der Waals surface area (Å²) in [5.41, 5.74) is 11.0. The number of aromatic nitrogens is 8. The van der Waals surface area contributed by atoms with Gasteiger partial charge < -0.3 is 23.9 Å². The van der Waals surface area contributed by atoms with Crippen LogP contribution in [0.25, 0.3) is 89.1 Å². The third-order valence-electron chi connectivity index (χ3n) is 12.2. The van der Waals surface area contributed by atoms with Crippen LogP contribution in [-0.4, -0.2) is 61.1 Å². The third-order valence-corrected chi connectivity index (χ3v) is 12.2. The summed E-state index contributed by atoms with van der Waals surface area (Å²) >= 11 is 0. The van der Waals surface area contributed by atoms with E-state index in [1.54, 1.807) is 13.8 Å². The zero-order valence-corrected chi connectivity index (χ0v) is 44.3. The first-order valence-electron chi connectivity index (χ1n) is 23.2. The molecule has 2 atom stereocenters. The number of rotatable bonds is 8. The van der Waals surface area contributed by atoms with Gasteiger partial charge in [0.15, 0.2) is 5.82 Å². The van der Waals surface area contributed by atoms with Crippen LogP contribution in [0.2, 0.25) is 0 Å². The van der Waals surface area contributed by atoms with Gasteiger partial charge in [0.05, 0.1) is 29.1 Å². The first-order chi connectivity index (χ1) is 33.7. The Bertz CT molecular complexity index is 3320. The molecule has 0 amide bonds. The summed E-state index contributed by atoms with van der Waals surface area (Å²) in [7, 11) is 0. The minimum atomic E-state index is -0.375. The molecule has 12 rings (SSSR count). The van der Waals surface area contributed by atoms with Crippen molar-refractivity contribution in [3.05, 3.63) is 218 Å². The van der Waals surface area contributed by atoms with E-state index in [1.165, 1.54) is 43.6 Å². The normalized spacial score (nSPS) is 11.8. The zero-order chi connectivity index (χ0) is 47.4. The maximum atomic E-state index is 8.56. The van der Waals surface area contributed by atoms with Gasteiger partial charge in [-0.05, 0) is 113 Å². The smallest absolute Gasteiger partial charge is 0.168 e. The van der Waals surface area contributed by atoms with Crippen molar-refractivity contribution in [2.24, 2.45) is 0 Å². The molecule has 0 aliphatic heterocycles. The van der Waals surface area contributed by atoms with E-state index in [0.29, 0.717) is 6.42 Å². The van der Waals surface area contributed by atoms with Crippen molar-refractivity contribution < 1.29 is 50.4 Å². The number of hydrogen-bond donors (Lipinski definition) is 2. The van der Waals surface area contributed by atoms with Crippen LogP contribution < -0.4 is 0 Å². The Labute approximate surface area is 439 Å². The Balaban J connectivity index is 0.000000164. The van der Waals surface area contributed by atoms with Gasteiger partial charge in [0.25, 0.3) is 0 Å².